The quantitative estimate of drug-likeness (QED) is 0.495. The van der Waals surface area contributed by atoms with Crippen LogP contribution < -0.4 is 0 Å². The maximum atomic E-state index is 12.7. The zero-order valence-electron chi connectivity index (χ0n) is 5.14. The van der Waals surface area contributed by atoms with Gasteiger partial charge in [0.15, 0.2) is 0 Å². The van der Waals surface area contributed by atoms with Crippen LogP contribution in [0, 0.1) is 11.3 Å². The Balaban J connectivity index is 2.75. The summed E-state index contributed by atoms with van der Waals surface area (Å²) in [5.74, 6) is 0. The van der Waals surface area contributed by atoms with Gasteiger partial charge in [-0.1, -0.05) is 17.7 Å². The van der Waals surface area contributed by atoms with E-state index in [1.807, 2.05) is 6.07 Å². The fourth-order valence-corrected chi connectivity index (χ4v) is 0.817. The first kappa shape index (κ1) is 7.30. The number of hydrogen-bond donors (Lipinski definition) is 0. The lowest BCUT2D eigenvalue weighted by molar-refractivity contribution is 0.347. The van der Waals surface area contributed by atoms with E-state index in [0.29, 0.717) is 5.57 Å². The minimum Gasteiger partial charge on any atom is -0.221 e. The molecule has 0 saturated carbocycles. The van der Waals surface area contributed by atoms with Crippen LogP contribution in [0.2, 0.25) is 0 Å². The number of rotatable bonds is 0. The first-order valence-corrected chi connectivity index (χ1v) is 3.19. The number of hydrogen-bond acceptors (Lipinski definition) is 1. The Hall–Kier alpha value is -0.810. The van der Waals surface area contributed by atoms with E-state index < -0.39 is 5.13 Å². The summed E-state index contributed by atoms with van der Waals surface area (Å²) in [6.45, 7) is 0. The first-order valence-electron chi connectivity index (χ1n) is 2.81. The van der Waals surface area contributed by atoms with Crippen molar-refractivity contribution in [2.75, 3.05) is 0 Å². The highest BCUT2D eigenvalue weighted by molar-refractivity contribution is 6.24. The van der Waals surface area contributed by atoms with E-state index in [2.05, 4.69) is 0 Å². The van der Waals surface area contributed by atoms with Crippen molar-refractivity contribution in [1.29, 1.82) is 5.26 Å². The number of nitrogens with zero attached hydrogens (tertiary/aromatic N) is 1. The number of halogens is 2. The second-order valence-corrected chi connectivity index (χ2v) is 2.70. The number of alkyl halides is 2. The van der Waals surface area contributed by atoms with Gasteiger partial charge in [-0.05, 0) is 12.2 Å². The Morgan fingerprint density at radius 2 is 2.50 bits per heavy atom. The van der Waals surface area contributed by atoms with Gasteiger partial charge in [0.2, 0.25) is 5.13 Å². The number of allylic oxidation sites excluding steroid dienone is 4. The Morgan fingerprint density at radius 3 is 2.90 bits per heavy atom. The molecule has 0 spiro atoms. The van der Waals surface area contributed by atoms with Crippen LogP contribution in [0.25, 0.3) is 0 Å². The van der Waals surface area contributed by atoms with Gasteiger partial charge in [-0.25, -0.2) is 4.39 Å². The molecule has 0 aromatic rings. The average Bonchev–Trinajstić information content (AvgIpc) is 1.88. The van der Waals surface area contributed by atoms with Crippen molar-refractivity contribution in [2.24, 2.45) is 0 Å². The molecule has 1 aliphatic rings. The van der Waals surface area contributed by atoms with Gasteiger partial charge >= 0.3 is 0 Å². The van der Waals surface area contributed by atoms with Crippen molar-refractivity contribution in [3.05, 3.63) is 23.8 Å². The van der Waals surface area contributed by atoms with E-state index in [4.69, 9.17) is 16.9 Å². The summed E-state index contributed by atoms with van der Waals surface area (Å²) in [5.41, 5.74) is 0.467. The zero-order chi connectivity index (χ0) is 7.61. The van der Waals surface area contributed by atoms with Gasteiger partial charge in [0, 0.05) is 12.0 Å². The molecule has 3 heteroatoms. The van der Waals surface area contributed by atoms with Crippen molar-refractivity contribution in [3.63, 3.8) is 0 Å². The highest BCUT2D eigenvalue weighted by Gasteiger charge is 2.23. The lowest BCUT2D eigenvalue weighted by Gasteiger charge is -2.13. The van der Waals surface area contributed by atoms with Crippen molar-refractivity contribution in [2.45, 2.75) is 11.5 Å². The van der Waals surface area contributed by atoms with Gasteiger partial charge in [-0.15, -0.1) is 0 Å². The molecule has 0 aliphatic heterocycles. The normalized spacial score (nSPS) is 31.1. The van der Waals surface area contributed by atoms with E-state index >= 15 is 0 Å². The van der Waals surface area contributed by atoms with Crippen molar-refractivity contribution < 1.29 is 4.39 Å². The van der Waals surface area contributed by atoms with Crippen LogP contribution in [0.1, 0.15) is 6.42 Å². The van der Waals surface area contributed by atoms with Crippen LogP contribution >= 0.6 is 11.6 Å². The standard InChI is InChI=1S/C7H5ClFN/c8-7(9)3-1-6(5-10)2-4-7/h1-3H,4H2. The van der Waals surface area contributed by atoms with Crippen LogP contribution in [-0.2, 0) is 0 Å². The molecule has 0 radical (unpaired) electrons. The fraction of sp³-hybridized carbons (Fsp3) is 0.286. The SMILES string of the molecule is N#CC1=CCC(F)(Cl)C=C1. The summed E-state index contributed by atoms with van der Waals surface area (Å²) >= 11 is 5.29. The molecule has 1 atom stereocenters. The van der Waals surface area contributed by atoms with E-state index in [0.717, 1.165) is 0 Å². The molecule has 1 nitrogen and oxygen atoms in total. The smallest absolute Gasteiger partial charge is 0.205 e. The molecule has 0 N–H and O–H groups in total. The summed E-state index contributed by atoms with van der Waals surface area (Å²) in [5, 5.41) is 6.55. The predicted molar refractivity (Wildman–Crippen MR) is 37.1 cm³/mol. The minimum atomic E-state index is -1.78. The van der Waals surface area contributed by atoms with E-state index in [1.54, 1.807) is 0 Å². The Kier molecular flexibility index (Phi) is 1.78. The van der Waals surface area contributed by atoms with Crippen molar-refractivity contribution >= 4 is 11.6 Å². The van der Waals surface area contributed by atoms with Crippen LogP contribution in [0.5, 0.6) is 0 Å². The molecule has 1 aliphatic carbocycles. The van der Waals surface area contributed by atoms with E-state index in [1.165, 1.54) is 18.2 Å². The predicted octanol–water partition coefficient (Wildman–Crippen LogP) is 2.30. The third-order valence-corrected chi connectivity index (χ3v) is 1.51. The monoisotopic (exact) mass is 157 g/mol. The Morgan fingerprint density at radius 1 is 1.80 bits per heavy atom. The van der Waals surface area contributed by atoms with Crippen LogP contribution in [0.4, 0.5) is 4.39 Å². The molecule has 0 aromatic heterocycles. The lowest BCUT2D eigenvalue weighted by Crippen LogP contribution is -2.11. The molecular weight excluding hydrogens is 153 g/mol. The molecule has 1 rings (SSSR count). The Bertz CT molecular complexity index is 234. The van der Waals surface area contributed by atoms with E-state index in [9.17, 15) is 4.39 Å². The third kappa shape index (κ3) is 1.58. The fourth-order valence-electron chi connectivity index (χ4n) is 0.677. The molecule has 0 saturated heterocycles. The topological polar surface area (TPSA) is 23.8 Å². The summed E-state index contributed by atoms with van der Waals surface area (Å²) in [6, 6.07) is 1.89. The number of nitriles is 1. The second kappa shape index (κ2) is 2.43. The van der Waals surface area contributed by atoms with Crippen LogP contribution in [0.3, 0.4) is 0 Å². The van der Waals surface area contributed by atoms with Gasteiger partial charge in [0.25, 0.3) is 0 Å². The van der Waals surface area contributed by atoms with E-state index in [-0.39, 0.29) is 6.42 Å². The van der Waals surface area contributed by atoms with Gasteiger partial charge in [0.05, 0.1) is 6.07 Å². The van der Waals surface area contributed by atoms with Crippen molar-refractivity contribution in [3.8, 4) is 6.07 Å². The summed E-state index contributed by atoms with van der Waals surface area (Å²) in [6.07, 6.45) is 4.13. The first-order chi connectivity index (χ1) is 4.64. The molecule has 0 fully saturated rings. The third-order valence-electron chi connectivity index (χ3n) is 1.23. The highest BCUT2D eigenvalue weighted by Crippen LogP contribution is 2.28. The average molecular weight is 158 g/mol. The van der Waals surface area contributed by atoms with Crippen LogP contribution in [0.15, 0.2) is 23.8 Å². The van der Waals surface area contributed by atoms with Gasteiger partial charge in [-0.3, -0.25) is 0 Å². The summed E-state index contributed by atoms with van der Waals surface area (Å²) in [4.78, 5) is 0. The van der Waals surface area contributed by atoms with Gasteiger partial charge < -0.3 is 0 Å². The lowest BCUT2D eigenvalue weighted by atomic mass is 10.1. The molecule has 52 valence electrons. The highest BCUT2D eigenvalue weighted by atomic mass is 35.5. The van der Waals surface area contributed by atoms with Gasteiger partial charge in [0.1, 0.15) is 0 Å². The minimum absolute atomic E-state index is 0.0773. The molecule has 10 heavy (non-hydrogen) atoms. The largest absolute Gasteiger partial charge is 0.221 e. The second-order valence-electron chi connectivity index (χ2n) is 2.07. The van der Waals surface area contributed by atoms with Crippen molar-refractivity contribution in [1.82, 2.24) is 0 Å². The molecule has 0 amide bonds. The molecule has 0 bridgehead atoms. The van der Waals surface area contributed by atoms with Gasteiger partial charge in [-0.2, -0.15) is 5.26 Å². The maximum Gasteiger partial charge on any atom is 0.205 e. The molecular formula is C7H5ClFN. The molecule has 1 unspecified atom stereocenters. The summed E-state index contributed by atoms with van der Waals surface area (Å²) in [7, 11) is 0. The molecule has 0 heterocycles. The zero-order valence-corrected chi connectivity index (χ0v) is 5.90. The Labute approximate surface area is 63.4 Å². The molecule has 0 aromatic carbocycles. The maximum absolute atomic E-state index is 12.7. The van der Waals surface area contributed by atoms with Crippen LogP contribution in [-0.4, -0.2) is 5.13 Å². The summed E-state index contributed by atoms with van der Waals surface area (Å²) < 4.78 is 12.7.